The first-order chi connectivity index (χ1) is 12.3. The fourth-order valence-electron chi connectivity index (χ4n) is 2.12. The number of hydrogen-bond acceptors (Lipinski definition) is 8. The molecular formula is C18H26N2O6. The van der Waals surface area contributed by atoms with Crippen LogP contribution in [0.25, 0.3) is 0 Å². The van der Waals surface area contributed by atoms with Crippen LogP contribution in [0, 0.1) is 0 Å². The van der Waals surface area contributed by atoms with Crippen LogP contribution in [0.5, 0.6) is 23.0 Å². The number of rotatable bonds is 6. The van der Waals surface area contributed by atoms with E-state index in [0.29, 0.717) is 24.2 Å². The van der Waals surface area contributed by atoms with Gasteiger partial charge in [-0.05, 0) is 49.5 Å². The number of benzene rings is 2. The molecule has 0 bridgehead atoms. The molecule has 0 aliphatic rings. The van der Waals surface area contributed by atoms with Crippen LogP contribution in [0.3, 0.4) is 0 Å². The standard InChI is InChI=1S/2C9H13NO3/c2*1-10-5-9(13)6-2-3-7(11)8(12)4-6/h2*2-4,9-13H,5H2,1H3/t2*9-/m00/s1. The van der Waals surface area contributed by atoms with E-state index in [-0.39, 0.29) is 23.0 Å². The number of likely N-dealkylation sites (N-methyl/N-ethyl adjacent to an activating group) is 2. The van der Waals surface area contributed by atoms with E-state index in [0.717, 1.165) is 0 Å². The third-order valence-corrected chi connectivity index (χ3v) is 3.56. The smallest absolute Gasteiger partial charge is 0.157 e. The average molecular weight is 366 g/mol. The van der Waals surface area contributed by atoms with Gasteiger partial charge < -0.3 is 41.3 Å². The molecule has 0 heterocycles. The van der Waals surface area contributed by atoms with E-state index >= 15 is 0 Å². The zero-order valence-corrected chi connectivity index (χ0v) is 14.7. The van der Waals surface area contributed by atoms with Gasteiger partial charge in [-0.3, -0.25) is 0 Å². The fraction of sp³-hybridized carbons (Fsp3) is 0.333. The molecule has 8 nitrogen and oxygen atoms in total. The van der Waals surface area contributed by atoms with Crippen LogP contribution in [0.1, 0.15) is 23.3 Å². The lowest BCUT2D eigenvalue weighted by molar-refractivity contribution is 0.177. The Balaban J connectivity index is 0.000000260. The maximum Gasteiger partial charge on any atom is 0.157 e. The number of aromatic hydroxyl groups is 4. The van der Waals surface area contributed by atoms with Crippen LogP contribution in [0.4, 0.5) is 0 Å². The van der Waals surface area contributed by atoms with Crippen molar-refractivity contribution in [2.24, 2.45) is 0 Å². The van der Waals surface area contributed by atoms with E-state index in [4.69, 9.17) is 20.4 Å². The molecule has 144 valence electrons. The van der Waals surface area contributed by atoms with Crippen molar-refractivity contribution < 1.29 is 30.6 Å². The number of hydrogen-bond donors (Lipinski definition) is 8. The van der Waals surface area contributed by atoms with Gasteiger partial charge in [0.25, 0.3) is 0 Å². The van der Waals surface area contributed by atoms with Gasteiger partial charge in [0, 0.05) is 13.1 Å². The molecule has 2 aromatic rings. The van der Waals surface area contributed by atoms with Gasteiger partial charge in [-0.2, -0.15) is 0 Å². The van der Waals surface area contributed by atoms with Crippen molar-refractivity contribution in [2.45, 2.75) is 12.2 Å². The normalized spacial score (nSPS) is 12.8. The van der Waals surface area contributed by atoms with Gasteiger partial charge in [-0.15, -0.1) is 0 Å². The van der Waals surface area contributed by atoms with Gasteiger partial charge >= 0.3 is 0 Å². The van der Waals surface area contributed by atoms with Crippen molar-refractivity contribution in [3.8, 4) is 23.0 Å². The Morgan fingerprint density at radius 3 is 1.27 bits per heavy atom. The molecule has 0 radical (unpaired) electrons. The third-order valence-electron chi connectivity index (χ3n) is 3.56. The Kier molecular flexibility index (Phi) is 8.66. The number of phenols is 4. The summed E-state index contributed by atoms with van der Waals surface area (Å²) in [6, 6.07) is 8.52. The van der Waals surface area contributed by atoms with Crippen LogP contribution < -0.4 is 10.6 Å². The summed E-state index contributed by atoms with van der Waals surface area (Å²) in [6.07, 6.45) is -1.34. The van der Waals surface area contributed by atoms with Crippen molar-refractivity contribution in [1.29, 1.82) is 0 Å². The highest BCUT2D eigenvalue weighted by atomic mass is 16.3. The second-order valence-corrected chi connectivity index (χ2v) is 5.64. The van der Waals surface area contributed by atoms with Crippen molar-refractivity contribution in [3.05, 3.63) is 47.5 Å². The number of phenolic OH excluding ortho intramolecular Hbond substituents is 4. The predicted molar refractivity (Wildman–Crippen MR) is 97.3 cm³/mol. The zero-order chi connectivity index (χ0) is 19.7. The molecule has 0 aromatic heterocycles. The Morgan fingerprint density at radius 2 is 1.00 bits per heavy atom. The van der Waals surface area contributed by atoms with E-state index in [1.54, 1.807) is 26.2 Å². The molecule has 8 heteroatoms. The summed E-state index contributed by atoms with van der Waals surface area (Å²) in [6.45, 7) is 0.814. The first-order valence-corrected chi connectivity index (χ1v) is 7.99. The summed E-state index contributed by atoms with van der Waals surface area (Å²) in [5, 5.41) is 60.9. The second kappa shape index (κ2) is 10.5. The van der Waals surface area contributed by atoms with Gasteiger partial charge in [-0.25, -0.2) is 0 Å². The topological polar surface area (TPSA) is 145 Å². The predicted octanol–water partition coefficient (Wildman–Crippen LogP) is 0.701. The Hall–Kier alpha value is -2.52. The van der Waals surface area contributed by atoms with E-state index in [2.05, 4.69) is 10.6 Å². The van der Waals surface area contributed by atoms with Crippen LogP contribution in [-0.4, -0.2) is 57.8 Å². The zero-order valence-electron chi connectivity index (χ0n) is 14.7. The molecule has 0 spiro atoms. The maximum absolute atomic E-state index is 9.48. The van der Waals surface area contributed by atoms with Crippen LogP contribution in [0.2, 0.25) is 0 Å². The summed E-state index contributed by atoms with van der Waals surface area (Å²) in [7, 11) is 3.45. The highest BCUT2D eigenvalue weighted by Crippen LogP contribution is 2.28. The molecule has 0 aliphatic carbocycles. The van der Waals surface area contributed by atoms with E-state index in [1.165, 1.54) is 24.3 Å². The molecule has 2 rings (SSSR count). The first-order valence-electron chi connectivity index (χ1n) is 7.99. The SMILES string of the molecule is CNC[C@H](O)c1ccc(O)c(O)c1.CNC[C@H](O)c1ccc(O)c(O)c1. The summed E-state index contributed by atoms with van der Waals surface area (Å²) in [5.41, 5.74) is 1.15. The molecule has 0 aliphatic heterocycles. The highest BCUT2D eigenvalue weighted by molar-refractivity contribution is 5.42. The van der Waals surface area contributed by atoms with Gasteiger partial charge in [0.15, 0.2) is 23.0 Å². The van der Waals surface area contributed by atoms with Crippen LogP contribution in [0.15, 0.2) is 36.4 Å². The van der Waals surface area contributed by atoms with Crippen LogP contribution in [-0.2, 0) is 0 Å². The van der Waals surface area contributed by atoms with Crippen LogP contribution >= 0.6 is 0 Å². The number of aliphatic hydroxyl groups is 2. The minimum Gasteiger partial charge on any atom is -0.504 e. The minimum absolute atomic E-state index is 0.180. The molecule has 8 N–H and O–H groups in total. The van der Waals surface area contributed by atoms with Gasteiger partial charge in [0.1, 0.15) is 0 Å². The quantitative estimate of drug-likeness (QED) is 0.349. The van der Waals surface area contributed by atoms with Crippen molar-refractivity contribution in [2.75, 3.05) is 27.2 Å². The molecule has 0 saturated carbocycles. The number of nitrogens with one attached hydrogen (secondary N) is 2. The number of aliphatic hydroxyl groups excluding tert-OH is 2. The van der Waals surface area contributed by atoms with Crippen molar-refractivity contribution in [3.63, 3.8) is 0 Å². The molecule has 0 amide bonds. The lowest BCUT2D eigenvalue weighted by atomic mass is 10.1. The molecule has 26 heavy (non-hydrogen) atoms. The summed E-state index contributed by atoms with van der Waals surface area (Å²) < 4.78 is 0. The highest BCUT2D eigenvalue weighted by Gasteiger charge is 2.09. The fourth-order valence-corrected chi connectivity index (χ4v) is 2.12. The van der Waals surface area contributed by atoms with Crippen molar-refractivity contribution in [1.82, 2.24) is 10.6 Å². The van der Waals surface area contributed by atoms with E-state index in [9.17, 15) is 10.2 Å². The summed E-state index contributed by atoms with van der Waals surface area (Å²) in [5.74, 6) is -0.791. The van der Waals surface area contributed by atoms with E-state index in [1.807, 2.05) is 0 Å². The molecule has 0 unspecified atom stereocenters. The Bertz CT molecular complexity index is 636. The minimum atomic E-state index is -0.670. The molecule has 0 saturated heterocycles. The monoisotopic (exact) mass is 366 g/mol. The molecule has 2 aromatic carbocycles. The van der Waals surface area contributed by atoms with Crippen molar-refractivity contribution >= 4 is 0 Å². The Labute approximate surface area is 152 Å². The van der Waals surface area contributed by atoms with Gasteiger partial charge in [0.05, 0.1) is 12.2 Å². The van der Waals surface area contributed by atoms with Gasteiger partial charge in [-0.1, -0.05) is 12.1 Å². The molecule has 2 atom stereocenters. The summed E-state index contributed by atoms with van der Waals surface area (Å²) >= 11 is 0. The second-order valence-electron chi connectivity index (χ2n) is 5.64. The Morgan fingerprint density at radius 1 is 0.654 bits per heavy atom. The molecule has 0 fully saturated rings. The third kappa shape index (κ3) is 6.41. The lowest BCUT2D eigenvalue weighted by Crippen LogP contribution is -2.16. The molecular weight excluding hydrogens is 340 g/mol. The largest absolute Gasteiger partial charge is 0.504 e. The first kappa shape index (κ1) is 21.5. The maximum atomic E-state index is 9.48. The van der Waals surface area contributed by atoms with E-state index < -0.39 is 12.2 Å². The summed E-state index contributed by atoms with van der Waals surface area (Å²) in [4.78, 5) is 0. The lowest BCUT2D eigenvalue weighted by Gasteiger charge is -2.10. The average Bonchev–Trinajstić information content (AvgIpc) is 2.60. The van der Waals surface area contributed by atoms with Gasteiger partial charge in [0.2, 0.25) is 0 Å².